The molecule has 2 rings (SSSR count). The molecule has 0 aromatic carbocycles. The first-order chi connectivity index (χ1) is 7.68. The zero-order chi connectivity index (χ0) is 11.5. The number of carboxylic acid groups (broad SMARTS) is 1. The van der Waals surface area contributed by atoms with Crippen molar-refractivity contribution in [1.82, 2.24) is 9.88 Å². The second kappa shape index (κ2) is 4.58. The number of ether oxygens (including phenoxy) is 1. The second-order valence-electron chi connectivity index (χ2n) is 3.32. The zero-order valence-corrected chi connectivity index (χ0v) is 9.14. The van der Waals surface area contributed by atoms with Gasteiger partial charge in [-0.2, -0.15) is 0 Å². The zero-order valence-electron chi connectivity index (χ0n) is 8.33. The van der Waals surface area contributed by atoms with Gasteiger partial charge in [-0.1, -0.05) is 0 Å². The Kier molecular flexibility index (Phi) is 3.16. The number of morpholine rings is 1. The van der Waals surface area contributed by atoms with Crippen LogP contribution in [0, 0.1) is 0 Å². The molecule has 7 heteroatoms. The number of carbonyl (C=O) groups is 2. The summed E-state index contributed by atoms with van der Waals surface area (Å²) in [5, 5.41) is 10.4. The summed E-state index contributed by atoms with van der Waals surface area (Å²) in [4.78, 5) is 27.9. The average Bonchev–Trinajstić information content (AvgIpc) is 2.81. The molecule has 0 radical (unpaired) electrons. The van der Waals surface area contributed by atoms with Crippen LogP contribution in [-0.2, 0) is 9.53 Å². The highest BCUT2D eigenvalue weighted by Crippen LogP contribution is 2.11. The normalized spacial score (nSPS) is 20.8. The standard InChI is InChI=1S/C9H10N2O4S/c12-8(6-4-16-5-10-6)11-1-2-15-7(3-11)9(13)14/h4-5,7H,1-3H2,(H,13,14). The fraction of sp³-hybridized carbons (Fsp3) is 0.444. The average molecular weight is 242 g/mol. The highest BCUT2D eigenvalue weighted by atomic mass is 32.1. The number of aromatic nitrogens is 1. The summed E-state index contributed by atoms with van der Waals surface area (Å²) in [6.45, 7) is 0.721. The lowest BCUT2D eigenvalue weighted by Gasteiger charge is -2.30. The Hall–Kier alpha value is -1.47. The Bertz CT molecular complexity index is 392. The van der Waals surface area contributed by atoms with Crippen molar-refractivity contribution in [1.29, 1.82) is 0 Å². The molecule has 1 aromatic heterocycles. The predicted octanol–water partition coefficient (Wildman–Crippen LogP) is 0.0687. The van der Waals surface area contributed by atoms with E-state index in [2.05, 4.69) is 4.98 Å². The van der Waals surface area contributed by atoms with E-state index in [1.54, 1.807) is 10.9 Å². The summed E-state index contributed by atoms with van der Waals surface area (Å²) >= 11 is 1.33. The van der Waals surface area contributed by atoms with Gasteiger partial charge in [-0.05, 0) is 0 Å². The van der Waals surface area contributed by atoms with Gasteiger partial charge in [0.2, 0.25) is 0 Å². The van der Waals surface area contributed by atoms with E-state index in [-0.39, 0.29) is 19.1 Å². The van der Waals surface area contributed by atoms with Crippen molar-refractivity contribution in [2.75, 3.05) is 19.7 Å². The van der Waals surface area contributed by atoms with Crippen LogP contribution >= 0.6 is 11.3 Å². The van der Waals surface area contributed by atoms with Gasteiger partial charge in [-0.25, -0.2) is 9.78 Å². The molecule has 0 saturated carbocycles. The monoisotopic (exact) mass is 242 g/mol. The van der Waals surface area contributed by atoms with Crippen LogP contribution in [0.5, 0.6) is 0 Å². The minimum Gasteiger partial charge on any atom is -0.479 e. The smallest absolute Gasteiger partial charge is 0.334 e. The lowest BCUT2D eigenvalue weighted by Crippen LogP contribution is -2.48. The number of rotatable bonds is 2. The number of nitrogens with zero attached hydrogens (tertiary/aromatic N) is 2. The van der Waals surface area contributed by atoms with Crippen LogP contribution in [0.4, 0.5) is 0 Å². The molecule has 16 heavy (non-hydrogen) atoms. The molecule has 0 bridgehead atoms. The number of carbonyl (C=O) groups excluding carboxylic acids is 1. The second-order valence-corrected chi connectivity index (χ2v) is 4.04. The molecule has 1 N–H and O–H groups in total. The van der Waals surface area contributed by atoms with Crippen LogP contribution in [0.2, 0.25) is 0 Å². The fourth-order valence-electron chi connectivity index (χ4n) is 1.46. The third-order valence-corrected chi connectivity index (χ3v) is 2.87. The minimum atomic E-state index is -1.05. The van der Waals surface area contributed by atoms with E-state index in [1.807, 2.05) is 0 Å². The summed E-state index contributed by atoms with van der Waals surface area (Å²) < 4.78 is 5.03. The number of aliphatic carboxylic acids is 1. The minimum absolute atomic E-state index is 0.0751. The van der Waals surface area contributed by atoms with E-state index in [9.17, 15) is 9.59 Å². The van der Waals surface area contributed by atoms with Gasteiger partial charge in [0.15, 0.2) is 6.10 Å². The van der Waals surface area contributed by atoms with E-state index < -0.39 is 12.1 Å². The van der Waals surface area contributed by atoms with Crippen LogP contribution in [0.15, 0.2) is 10.9 Å². The van der Waals surface area contributed by atoms with E-state index in [0.29, 0.717) is 12.2 Å². The van der Waals surface area contributed by atoms with Gasteiger partial charge in [-0.3, -0.25) is 4.79 Å². The van der Waals surface area contributed by atoms with Crippen molar-refractivity contribution in [3.8, 4) is 0 Å². The summed E-state index contributed by atoms with van der Waals surface area (Å²) in [6, 6.07) is 0. The molecular formula is C9H10N2O4S. The Morgan fingerprint density at radius 2 is 2.44 bits per heavy atom. The van der Waals surface area contributed by atoms with Gasteiger partial charge in [0, 0.05) is 11.9 Å². The third-order valence-electron chi connectivity index (χ3n) is 2.28. The first-order valence-corrected chi connectivity index (χ1v) is 5.64. The number of hydrogen-bond acceptors (Lipinski definition) is 5. The molecule has 1 aliphatic heterocycles. The molecule has 1 atom stereocenters. The number of carboxylic acids is 1. The Morgan fingerprint density at radius 3 is 3.06 bits per heavy atom. The van der Waals surface area contributed by atoms with Crippen LogP contribution in [0.3, 0.4) is 0 Å². The van der Waals surface area contributed by atoms with Gasteiger partial charge in [0.25, 0.3) is 5.91 Å². The quantitative estimate of drug-likeness (QED) is 0.793. The maximum absolute atomic E-state index is 11.9. The summed E-state index contributed by atoms with van der Waals surface area (Å²) in [6.07, 6.45) is -0.934. The lowest BCUT2D eigenvalue weighted by molar-refractivity contribution is -0.154. The molecule has 1 saturated heterocycles. The number of hydrogen-bond donors (Lipinski definition) is 1. The van der Waals surface area contributed by atoms with Crippen LogP contribution in [0.1, 0.15) is 10.5 Å². The molecule has 0 aliphatic carbocycles. The number of amides is 1. The molecule has 2 heterocycles. The molecule has 1 aromatic rings. The lowest BCUT2D eigenvalue weighted by atomic mass is 10.2. The van der Waals surface area contributed by atoms with Gasteiger partial charge in [0.05, 0.1) is 18.7 Å². The Morgan fingerprint density at radius 1 is 1.62 bits per heavy atom. The van der Waals surface area contributed by atoms with E-state index >= 15 is 0 Å². The highest BCUT2D eigenvalue weighted by Gasteiger charge is 2.29. The Labute approximate surface area is 95.5 Å². The third kappa shape index (κ3) is 2.20. The van der Waals surface area contributed by atoms with E-state index in [1.165, 1.54) is 16.2 Å². The molecule has 1 fully saturated rings. The summed E-state index contributed by atoms with van der Waals surface area (Å²) in [5.41, 5.74) is 1.93. The van der Waals surface area contributed by atoms with Gasteiger partial charge in [-0.15, -0.1) is 11.3 Å². The van der Waals surface area contributed by atoms with Crippen molar-refractivity contribution < 1.29 is 19.4 Å². The molecule has 1 unspecified atom stereocenters. The maximum Gasteiger partial charge on any atom is 0.334 e. The first kappa shape index (κ1) is 11.0. The van der Waals surface area contributed by atoms with Gasteiger partial charge < -0.3 is 14.7 Å². The van der Waals surface area contributed by atoms with E-state index in [4.69, 9.17) is 9.84 Å². The molecule has 1 aliphatic rings. The molecule has 0 spiro atoms. The Balaban J connectivity index is 2.05. The summed E-state index contributed by atoms with van der Waals surface area (Å²) in [5.74, 6) is -1.29. The molecule has 1 amide bonds. The largest absolute Gasteiger partial charge is 0.479 e. The van der Waals surface area contributed by atoms with Crippen molar-refractivity contribution in [3.05, 3.63) is 16.6 Å². The highest BCUT2D eigenvalue weighted by molar-refractivity contribution is 7.07. The molecule has 86 valence electrons. The van der Waals surface area contributed by atoms with Gasteiger partial charge >= 0.3 is 5.97 Å². The molecule has 6 nitrogen and oxygen atoms in total. The van der Waals surface area contributed by atoms with Crippen molar-refractivity contribution in [3.63, 3.8) is 0 Å². The number of thiazole rings is 1. The fourth-order valence-corrected chi connectivity index (χ4v) is 1.99. The first-order valence-electron chi connectivity index (χ1n) is 4.70. The van der Waals surface area contributed by atoms with Crippen molar-refractivity contribution in [2.45, 2.75) is 6.10 Å². The van der Waals surface area contributed by atoms with E-state index in [0.717, 1.165) is 0 Å². The van der Waals surface area contributed by atoms with Crippen LogP contribution in [0.25, 0.3) is 0 Å². The van der Waals surface area contributed by atoms with Gasteiger partial charge in [0.1, 0.15) is 5.69 Å². The summed E-state index contributed by atoms with van der Waals surface area (Å²) in [7, 11) is 0. The molecular weight excluding hydrogens is 232 g/mol. The van der Waals surface area contributed by atoms with Crippen molar-refractivity contribution in [2.24, 2.45) is 0 Å². The van der Waals surface area contributed by atoms with Crippen LogP contribution in [-0.4, -0.2) is 52.7 Å². The SMILES string of the molecule is O=C(O)C1CN(C(=O)c2cscn2)CCO1. The van der Waals surface area contributed by atoms with Crippen molar-refractivity contribution >= 4 is 23.2 Å². The maximum atomic E-state index is 11.9. The predicted molar refractivity (Wildman–Crippen MR) is 55.4 cm³/mol. The van der Waals surface area contributed by atoms with Crippen LogP contribution < -0.4 is 0 Å². The topological polar surface area (TPSA) is 79.7 Å².